The highest BCUT2D eigenvalue weighted by Gasteiger charge is 2.36. The molecule has 1 aromatic carbocycles. The second-order valence-electron chi connectivity index (χ2n) is 13.4. The summed E-state index contributed by atoms with van der Waals surface area (Å²) in [7, 11) is 0. The van der Waals surface area contributed by atoms with Crippen LogP contribution in [0.1, 0.15) is 91.0 Å². The minimum absolute atomic E-state index is 0.0265. The van der Waals surface area contributed by atoms with Gasteiger partial charge in [0.15, 0.2) is 5.65 Å². The Labute approximate surface area is 266 Å². The summed E-state index contributed by atoms with van der Waals surface area (Å²) >= 11 is 1.50. The molecule has 1 saturated heterocycles. The monoisotopic (exact) mass is 649 g/mol. The van der Waals surface area contributed by atoms with Gasteiger partial charge in [-0.25, -0.2) is 19.1 Å². The molecule has 0 N–H and O–H groups in total. The fraction of sp³-hybridized carbons (Fsp3) is 0.562. The highest BCUT2D eigenvalue weighted by atomic mass is 32.2. The number of likely N-dealkylation sites (tertiary alicyclic amines) is 1. The van der Waals surface area contributed by atoms with E-state index >= 15 is 0 Å². The van der Waals surface area contributed by atoms with Crippen molar-refractivity contribution in [2.75, 3.05) is 18.0 Å². The Bertz CT molecular complexity index is 1520. The number of aromatic nitrogens is 3. The lowest BCUT2D eigenvalue weighted by molar-refractivity contribution is -0.138. The van der Waals surface area contributed by atoms with Gasteiger partial charge in [0.1, 0.15) is 16.2 Å². The summed E-state index contributed by atoms with van der Waals surface area (Å²) in [5.41, 5.74) is -0.993. The minimum Gasteiger partial charge on any atom is -0.444 e. The van der Waals surface area contributed by atoms with E-state index in [4.69, 9.17) is 14.6 Å². The number of thioether (sulfide) groups is 1. The highest BCUT2D eigenvalue weighted by molar-refractivity contribution is 7.99. The molecule has 2 amide bonds. The summed E-state index contributed by atoms with van der Waals surface area (Å²) in [5, 5.41) is 5.53. The zero-order valence-electron chi connectivity index (χ0n) is 27.1. The molecule has 3 aromatic rings. The second kappa shape index (κ2) is 13.1. The van der Waals surface area contributed by atoms with Crippen LogP contribution >= 0.6 is 11.8 Å². The third kappa shape index (κ3) is 8.83. The van der Waals surface area contributed by atoms with Gasteiger partial charge in [-0.2, -0.15) is 18.3 Å². The third-order valence-electron chi connectivity index (χ3n) is 6.98. The van der Waals surface area contributed by atoms with Crippen molar-refractivity contribution in [3.05, 3.63) is 53.3 Å². The molecule has 13 heteroatoms. The van der Waals surface area contributed by atoms with Gasteiger partial charge < -0.3 is 14.4 Å². The number of alkyl halides is 3. The first kappa shape index (κ1) is 34.4. The highest BCUT2D eigenvalue weighted by Crippen LogP contribution is 2.37. The van der Waals surface area contributed by atoms with Gasteiger partial charge in [-0.3, -0.25) is 4.90 Å². The van der Waals surface area contributed by atoms with E-state index in [9.17, 15) is 22.8 Å². The Morgan fingerprint density at radius 2 is 1.64 bits per heavy atom. The Morgan fingerprint density at radius 1 is 1.02 bits per heavy atom. The van der Waals surface area contributed by atoms with E-state index in [1.165, 1.54) is 34.9 Å². The van der Waals surface area contributed by atoms with Gasteiger partial charge in [0.2, 0.25) is 0 Å². The number of hydrogen-bond donors (Lipinski definition) is 0. The topological polar surface area (TPSA) is 89.3 Å². The fourth-order valence-corrected chi connectivity index (χ4v) is 6.02. The summed E-state index contributed by atoms with van der Waals surface area (Å²) in [6, 6.07) is 6.88. The summed E-state index contributed by atoms with van der Waals surface area (Å²) in [4.78, 5) is 33.7. The zero-order valence-corrected chi connectivity index (χ0v) is 27.9. The van der Waals surface area contributed by atoms with Crippen LogP contribution in [0.25, 0.3) is 5.65 Å². The average molecular weight is 650 g/mol. The van der Waals surface area contributed by atoms with E-state index in [0.29, 0.717) is 36.6 Å². The first-order valence-corrected chi connectivity index (χ1v) is 15.9. The fourth-order valence-electron chi connectivity index (χ4n) is 4.92. The van der Waals surface area contributed by atoms with Crippen LogP contribution in [0.2, 0.25) is 0 Å². The van der Waals surface area contributed by atoms with Crippen molar-refractivity contribution in [3.8, 4) is 0 Å². The number of fused-ring (bicyclic) bond motifs is 1. The lowest BCUT2D eigenvalue weighted by Crippen LogP contribution is -2.42. The maximum absolute atomic E-state index is 14.0. The van der Waals surface area contributed by atoms with Crippen LogP contribution in [0, 0.1) is 0 Å². The standard InChI is InChI=1S/C32H42F3N5O4S/c1-20(2)25-18-36-27-24(39(29(42)44-31(6,7)8)19-21-11-9-10-12-23(21)32(33,34)35)17-26(37-40(25)27)45-22-13-15-38(16-14-22)28(41)43-30(3,4)5/h9-12,17-18,20,22H,13-16,19H2,1-8H3. The van der Waals surface area contributed by atoms with Crippen molar-refractivity contribution in [1.82, 2.24) is 19.5 Å². The van der Waals surface area contributed by atoms with E-state index in [1.54, 1.807) is 42.4 Å². The van der Waals surface area contributed by atoms with E-state index in [-0.39, 0.29) is 28.5 Å². The first-order chi connectivity index (χ1) is 20.8. The normalized spacial score (nSPS) is 15.1. The van der Waals surface area contributed by atoms with Gasteiger partial charge in [0.05, 0.1) is 29.7 Å². The van der Waals surface area contributed by atoms with Crippen molar-refractivity contribution in [1.29, 1.82) is 0 Å². The van der Waals surface area contributed by atoms with Crippen LogP contribution < -0.4 is 4.90 Å². The van der Waals surface area contributed by atoms with Crippen LogP contribution in [0.4, 0.5) is 28.4 Å². The average Bonchev–Trinajstić information content (AvgIpc) is 3.34. The molecule has 1 aliphatic rings. The number of anilines is 1. The van der Waals surface area contributed by atoms with E-state index in [2.05, 4.69) is 4.98 Å². The molecule has 0 saturated carbocycles. The van der Waals surface area contributed by atoms with Gasteiger partial charge in [0, 0.05) is 18.3 Å². The molecule has 0 aliphatic carbocycles. The number of hydrogen-bond acceptors (Lipinski definition) is 7. The van der Waals surface area contributed by atoms with Crippen molar-refractivity contribution < 1.29 is 32.2 Å². The van der Waals surface area contributed by atoms with Crippen molar-refractivity contribution in [3.63, 3.8) is 0 Å². The molecule has 0 atom stereocenters. The summed E-state index contributed by atoms with van der Waals surface area (Å²) in [6.45, 7) is 15.2. The van der Waals surface area contributed by atoms with Gasteiger partial charge in [0.25, 0.3) is 0 Å². The van der Waals surface area contributed by atoms with Crippen molar-refractivity contribution in [2.24, 2.45) is 0 Å². The number of benzene rings is 1. The van der Waals surface area contributed by atoms with Gasteiger partial charge in [-0.05, 0) is 78.0 Å². The van der Waals surface area contributed by atoms with Crippen LogP contribution in [-0.4, -0.2) is 61.2 Å². The number of amides is 2. The largest absolute Gasteiger partial charge is 0.444 e. The van der Waals surface area contributed by atoms with Crippen LogP contribution in [0.15, 0.2) is 41.6 Å². The summed E-state index contributed by atoms with van der Waals surface area (Å²) < 4.78 is 54.9. The number of carbonyl (C=O) groups excluding carboxylic acids is 2. The molecule has 0 bridgehead atoms. The molecule has 246 valence electrons. The Hall–Kier alpha value is -3.48. The predicted octanol–water partition coefficient (Wildman–Crippen LogP) is 8.30. The predicted molar refractivity (Wildman–Crippen MR) is 168 cm³/mol. The summed E-state index contributed by atoms with van der Waals surface area (Å²) in [6.07, 6.45) is -2.72. The van der Waals surface area contributed by atoms with Crippen LogP contribution in [0.3, 0.4) is 0 Å². The lowest BCUT2D eigenvalue weighted by Gasteiger charge is -2.33. The molecule has 1 aliphatic heterocycles. The van der Waals surface area contributed by atoms with Gasteiger partial charge in [-0.1, -0.05) is 32.0 Å². The number of piperidine rings is 1. The van der Waals surface area contributed by atoms with E-state index < -0.39 is 35.6 Å². The quantitative estimate of drug-likeness (QED) is 0.265. The van der Waals surface area contributed by atoms with Crippen molar-refractivity contribution >= 4 is 35.3 Å². The molecule has 4 rings (SSSR count). The van der Waals surface area contributed by atoms with E-state index in [0.717, 1.165) is 11.8 Å². The number of imidazole rings is 1. The van der Waals surface area contributed by atoms with Gasteiger partial charge in [-0.15, -0.1) is 11.8 Å². The molecular weight excluding hydrogens is 607 g/mol. The Balaban J connectivity index is 1.73. The number of nitrogens with zero attached hydrogens (tertiary/aromatic N) is 5. The Morgan fingerprint density at radius 3 is 2.22 bits per heavy atom. The number of ether oxygens (including phenoxy) is 2. The molecule has 9 nitrogen and oxygen atoms in total. The molecule has 3 heterocycles. The van der Waals surface area contributed by atoms with E-state index in [1.807, 2.05) is 34.6 Å². The Kier molecular flexibility index (Phi) is 10.0. The van der Waals surface area contributed by atoms with Gasteiger partial charge >= 0.3 is 18.4 Å². The zero-order chi connectivity index (χ0) is 33.3. The summed E-state index contributed by atoms with van der Waals surface area (Å²) in [5.74, 6) is 0.0265. The molecule has 0 radical (unpaired) electrons. The molecular formula is C32H42F3N5O4S. The third-order valence-corrected chi connectivity index (χ3v) is 8.23. The number of rotatable bonds is 6. The minimum atomic E-state index is -4.61. The second-order valence-corrected chi connectivity index (χ2v) is 14.8. The SMILES string of the molecule is CC(C)c1cnc2c(N(Cc3ccccc3C(F)(F)F)C(=O)OC(C)(C)C)cc(SC3CCN(C(=O)OC(C)(C)C)CC3)nn12. The van der Waals surface area contributed by atoms with Crippen LogP contribution in [-0.2, 0) is 22.2 Å². The number of carbonyl (C=O) groups is 2. The van der Waals surface area contributed by atoms with Crippen LogP contribution in [0.5, 0.6) is 0 Å². The molecule has 0 spiro atoms. The molecule has 2 aromatic heterocycles. The molecule has 0 unspecified atom stereocenters. The smallest absolute Gasteiger partial charge is 0.416 e. The first-order valence-electron chi connectivity index (χ1n) is 15.0. The molecule has 45 heavy (non-hydrogen) atoms. The van der Waals surface area contributed by atoms with Crippen molar-refractivity contribution in [2.45, 2.75) is 108 Å². The molecule has 1 fully saturated rings. The maximum atomic E-state index is 14.0. The maximum Gasteiger partial charge on any atom is 0.416 e. The lowest BCUT2D eigenvalue weighted by atomic mass is 10.1. The number of halogens is 3.